The Balaban J connectivity index is 1.66. The number of pyridine rings is 1. The van der Waals surface area contributed by atoms with Crippen LogP contribution in [0.4, 0.5) is 0 Å². The second-order valence-corrected chi connectivity index (χ2v) is 7.96. The van der Waals surface area contributed by atoms with Crippen molar-refractivity contribution in [2.75, 3.05) is 0 Å². The summed E-state index contributed by atoms with van der Waals surface area (Å²) in [6.07, 6.45) is 3.45. The Morgan fingerprint density at radius 3 is 2.59 bits per heavy atom. The predicted molar refractivity (Wildman–Crippen MR) is 119 cm³/mol. The van der Waals surface area contributed by atoms with E-state index in [0.717, 1.165) is 10.0 Å². The van der Waals surface area contributed by atoms with Crippen LogP contribution in [0.25, 0.3) is 34.4 Å². The van der Waals surface area contributed by atoms with Crippen molar-refractivity contribution < 1.29 is 14.3 Å². The lowest BCUT2D eigenvalue weighted by Crippen LogP contribution is -2.00. The molecular formula is C22H12BrCl2NO3. The molecule has 0 unspecified atom stereocenters. The van der Waals surface area contributed by atoms with Crippen molar-refractivity contribution in [3.05, 3.63) is 86.1 Å². The van der Waals surface area contributed by atoms with Gasteiger partial charge in [-0.25, -0.2) is 9.78 Å². The quantitative estimate of drug-likeness (QED) is 0.324. The van der Waals surface area contributed by atoms with E-state index in [1.807, 2.05) is 24.3 Å². The van der Waals surface area contributed by atoms with Gasteiger partial charge in [-0.2, -0.15) is 0 Å². The smallest absolute Gasteiger partial charge is 0.336 e. The molecule has 0 bridgehead atoms. The van der Waals surface area contributed by atoms with Crippen molar-refractivity contribution in [3.63, 3.8) is 0 Å². The van der Waals surface area contributed by atoms with E-state index in [4.69, 9.17) is 27.6 Å². The summed E-state index contributed by atoms with van der Waals surface area (Å²) >= 11 is 15.4. The van der Waals surface area contributed by atoms with Gasteiger partial charge in [-0.15, -0.1) is 0 Å². The summed E-state index contributed by atoms with van der Waals surface area (Å²) in [5.74, 6) is 0.233. The molecule has 0 spiro atoms. The molecule has 0 aliphatic carbocycles. The zero-order valence-electron chi connectivity index (χ0n) is 14.7. The molecule has 144 valence electrons. The first-order valence-electron chi connectivity index (χ1n) is 8.47. The number of hydrogen-bond acceptors (Lipinski definition) is 3. The van der Waals surface area contributed by atoms with Gasteiger partial charge in [0.1, 0.15) is 11.5 Å². The van der Waals surface area contributed by atoms with E-state index < -0.39 is 5.97 Å². The molecule has 7 heteroatoms. The molecule has 0 saturated carbocycles. The number of carboxylic acid groups (broad SMARTS) is 1. The summed E-state index contributed by atoms with van der Waals surface area (Å²) in [7, 11) is 0. The maximum absolute atomic E-state index is 11.7. The molecule has 4 rings (SSSR count). The number of rotatable bonds is 4. The molecule has 0 aliphatic heterocycles. The fourth-order valence-corrected chi connectivity index (χ4v) is 3.55. The summed E-state index contributed by atoms with van der Waals surface area (Å²) in [4.78, 5) is 16.2. The van der Waals surface area contributed by atoms with Crippen LogP contribution >= 0.6 is 39.1 Å². The summed E-state index contributed by atoms with van der Waals surface area (Å²) in [5.41, 5.74) is 2.11. The third-order valence-electron chi connectivity index (χ3n) is 4.27. The summed E-state index contributed by atoms with van der Waals surface area (Å²) in [5, 5.41) is 11.0. The first kappa shape index (κ1) is 19.7. The Hall–Kier alpha value is -2.60. The molecule has 29 heavy (non-hydrogen) atoms. The molecule has 0 saturated heterocycles. The fourth-order valence-electron chi connectivity index (χ4n) is 2.90. The highest BCUT2D eigenvalue weighted by molar-refractivity contribution is 9.10. The number of aromatic nitrogens is 1. The lowest BCUT2D eigenvalue weighted by molar-refractivity contribution is 0.0699. The van der Waals surface area contributed by atoms with E-state index in [1.165, 1.54) is 6.07 Å². The van der Waals surface area contributed by atoms with Crippen LogP contribution < -0.4 is 0 Å². The Morgan fingerprint density at radius 1 is 1.00 bits per heavy atom. The highest BCUT2D eigenvalue weighted by Gasteiger charge is 2.12. The van der Waals surface area contributed by atoms with Crippen LogP contribution in [0.3, 0.4) is 0 Å². The molecule has 2 aromatic heterocycles. The van der Waals surface area contributed by atoms with Crippen molar-refractivity contribution in [3.8, 4) is 11.3 Å². The van der Waals surface area contributed by atoms with E-state index >= 15 is 0 Å². The van der Waals surface area contributed by atoms with Gasteiger partial charge >= 0.3 is 5.97 Å². The topological polar surface area (TPSA) is 63.3 Å². The maximum atomic E-state index is 11.7. The maximum Gasteiger partial charge on any atom is 0.336 e. The zero-order chi connectivity index (χ0) is 20.5. The molecule has 4 nitrogen and oxygen atoms in total. The van der Waals surface area contributed by atoms with Crippen LogP contribution in [0, 0.1) is 0 Å². The average molecular weight is 489 g/mol. The molecule has 0 fully saturated rings. The van der Waals surface area contributed by atoms with Crippen LogP contribution in [0.2, 0.25) is 10.0 Å². The Bertz CT molecular complexity index is 1280. The van der Waals surface area contributed by atoms with Gasteiger partial charge in [0.25, 0.3) is 0 Å². The number of furan rings is 1. The van der Waals surface area contributed by atoms with Gasteiger partial charge < -0.3 is 9.52 Å². The van der Waals surface area contributed by atoms with Crippen LogP contribution in [0.1, 0.15) is 21.8 Å². The molecular weight excluding hydrogens is 477 g/mol. The highest BCUT2D eigenvalue weighted by atomic mass is 79.9. The van der Waals surface area contributed by atoms with E-state index in [-0.39, 0.29) is 5.56 Å². The van der Waals surface area contributed by atoms with Crippen LogP contribution in [-0.2, 0) is 0 Å². The molecule has 0 radical (unpaired) electrons. The van der Waals surface area contributed by atoms with Crippen LogP contribution in [-0.4, -0.2) is 16.1 Å². The number of carboxylic acids is 1. The van der Waals surface area contributed by atoms with Crippen molar-refractivity contribution in [1.82, 2.24) is 4.98 Å². The Morgan fingerprint density at radius 2 is 1.83 bits per heavy atom. The third-order valence-corrected chi connectivity index (χ3v) is 5.50. The first-order chi connectivity index (χ1) is 13.9. The predicted octanol–water partition coefficient (Wildman–Crippen LogP) is 7.43. The number of fused-ring (bicyclic) bond motifs is 1. The van der Waals surface area contributed by atoms with Gasteiger partial charge in [0.15, 0.2) is 0 Å². The normalized spacial score (nSPS) is 11.4. The average Bonchev–Trinajstić information content (AvgIpc) is 3.17. The van der Waals surface area contributed by atoms with Gasteiger partial charge in [0.05, 0.1) is 26.8 Å². The molecule has 0 aliphatic rings. The number of hydrogen-bond donors (Lipinski definition) is 1. The van der Waals surface area contributed by atoms with Crippen molar-refractivity contribution in [2.45, 2.75) is 0 Å². The van der Waals surface area contributed by atoms with E-state index in [2.05, 4.69) is 20.9 Å². The molecule has 2 heterocycles. The fraction of sp³-hybridized carbons (Fsp3) is 0. The number of nitrogens with zero attached hydrogens (tertiary/aromatic N) is 1. The largest absolute Gasteiger partial charge is 0.478 e. The standard InChI is InChI=1S/C22H12BrCl2NO3/c23-13-2-7-20-16(10-13)17(22(27)28)11-14(26-20)3-4-15-5-8-21(29-15)12-1-6-18(24)19(25)9-12/h1-11H,(H,27,28)/b4-3+. The lowest BCUT2D eigenvalue weighted by atomic mass is 10.1. The van der Waals surface area contributed by atoms with E-state index in [1.54, 1.807) is 36.4 Å². The monoisotopic (exact) mass is 487 g/mol. The Kier molecular flexibility index (Phi) is 5.46. The van der Waals surface area contributed by atoms with Crippen molar-refractivity contribution >= 4 is 68.2 Å². The van der Waals surface area contributed by atoms with Crippen LogP contribution in [0.5, 0.6) is 0 Å². The second kappa shape index (κ2) is 8.03. The van der Waals surface area contributed by atoms with Crippen molar-refractivity contribution in [2.24, 2.45) is 0 Å². The van der Waals surface area contributed by atoms with Crippen molar-refractivity contribution in [1.29, 1.82) is 0 Å². The van der Waals surface area contributed by atoms with E-state index in [0.29, 0.717) is 38.2 Å². The minimum Gasteiger partial charge on any atom is -0.478 e. The summed E-state index contributed by atoms with van der Waals surface area (Å²) in [6.45, 7) is 0. The minimum atomic E-state index is -1.01. The minimum absolute atomic E-state index is 0.187. The highest BCUT2D eigenvalue weighted by Crippen LogP contribution is 2.30. The molecule has 0 atom stereocenters. The number of halogens is 3. The summed E-state index contributed by atoms with van der Waals surface area (Å²) < 4.78 is 6.62. The Labute approximate surface area is 184 Å². The van der Waals surface area contributed by atoms with Gasteiger partial charge in [-0.1, -0.05) is 39.1 Å². The number of benzene rings is 2. The number of carbonyl (C=O) groups is 1. The lowest BCUT2D eigenvalue weighted by Gasteiger charge is -2.05. The molecule has 1 N–H and O–H groups in total. The molecule has 4 aromatic rings. The summed E-state index contributed by atoms with van der Waals surface area (Å²) in [6, 6.07) is 15.8. The van der Waals surface area contributed by atoms with Gasteiger partial charge in [0, 0.05) is 15.4 Å². The van der Waals surface area contributed by atoms with Crippen LogP contribution in [0.15, 0.2) is 63.5 Å². The van der Waals surface area contributed by atoms with Gasteiger partial charge in [0.2, 0.25) is 0 Å². The molecule has 0 amide bonds. The van der Waals surface area contributed by atoms with Gasteiger partial charge in [-0.05, 0) is 66.7 Å². The second-order valence-electron chi connectivity index (χ2n) is 6.23. The first-order valence-corrected chi connectivity index (χ1v) is 10.0. The zero-order valence-corrected chi connectivity index (χ0v) is 17.8. The SMILES string of the molecule is O=C(O)c1cc(/C=C/c2ccc(-c3ccc(Cl)c(Cl)c3)o2)nc2ccc(Br)cc12. The number of aromatic carboxylic acids is 1. The molecule has 2 aromatic carbocycles. The van der Waals surface area contributed by atoms with E-state index in [9.17, 15) is 9.90 Å². The third kappa shape index (κ3) is 4.22. The van der Waals surface area contributed by atoms with Gasteiger partial charge in [-0.3, -0.25) is 0 Å².